The zero-order valence-corrected chi connectivity index (χ0v) is 13.0. The van der Waals surface area contributed by atoms with Crippen LogP contribution in [0.3, 0.4) is 0 Å². The molecule has 0 aromatic carbocycles. The van der Waals surface area contributed by atoms with Crippen LogP contribution in [0.4, 0.5) is 0 Å². The van der Waals surface area contributed by atoms with E-state index in [0.717, 1.165) is 30.3 Å². The van der Waals surface area contributed by atoms with Crippen molar-refractivity contribution in [1.29, 1.82) is 0 Å². The highest BCUT2D eigenvalue weighted by atomic mass is 32.1. The molecule has 2 heterocycles. The summed E-state index contributed by atoms with van der Waals surface area (Å²) in [6, 6.07) is 4.08. The highest BCUT2D eigenvalue weighted by Crippen LogP contribution is 2.23. The monoisotopic (exact) mass is 279 g/mol. The summed E-state index contributed by atoms with van der Waals surface area (Å²) in [4.78, 5) is 16.8. The minimum absolute atomic E-state index is 0.304. The molecular formula is C16H25NOS. The number of carbonyl (C=O) groups excluding carboxylic acids is 1. The summed E-state index contributed by atoms with van der Waals surface area (Å²) in [6.45, 7) is 7.21. The van der Waals surface area contributed by atoms with Crippen LogP contribution in [-0.4, -0.2) is 30.3 Å². The van der Waals surface area contributed by atoms with Gasteiger partial charge in [-0.2, -0.15) is 0 Å². The van der Waals surface area contributed by atoms with Crippen molar-refractivity contribution in [3.8, 4) is 0 Å². The third kappa shape index (κ3) is 4.15. The smallest absolute Gasteiger partial charge is 0.186 e. The van der Waals surface area contributed by atoms with Gasteiger partial charge in [0.05, 0.1) is 11.4 Å². The fourth-order valence-electron chi connectivity index (χ4n) is 2.84. The molecule has 2 rings (SSSR count). The van der Waals surface area contributed by atoms with Crippen molar-refractivity contribution in [3.63, 3.8) is 0 Å². The molecule has 1 aliphatic heterocycles. The minimum atomic E-state index is 0.304. The van der Waals surface area contributed by atoms with Gasteiger partial charge in [0.1, 0.15) is 0 Å². The predicted molar refractivity (Wildman–Crippen MR) is 82.1 cm³/mol. The largest absolute Gasteiger partial charge is 0.296 e. The van der Waals surface area contributed by atoms with Gasteiger partial charge in [0.25, 0.3) is 0 Å². The van der Waals surface area contributed by atoms with Crippen molar-refractivity contribution in [2.75, 3.05) is 19.6 Å². The van der Waals surface area contributed by atoms with Crippen LogP contribution >= 0.6 is 11.3 Å². The third-order valence-electron chi connectivity index (χ3n) is 4.06. The van der Waals surface area contributed by atoms with Crippen LogP contribution in [0.5, 0.6) is 0 Å². The van der Waals surface area contributed by atoms with Crippen molar-refractivity contribution in [2.24, 2.45) is 5.92 Å². The summed E-state index contributed by atoms with van der Waals surface area (Å²) >= 11 is 1.66. The second kappa shape index (κ2) is 7.20. The average Bonchev–Trinajstić information content (AvgIpc) is 2.90. The molecule has 19 heavy (non-hydrogen) atoms. The van der Waals surface area contributed by atoms with Crippen molar-refractivity contribution in [1.82, 2.24) is 4.90 Å². The third-order valence-corrected chi connectivity index (χ3v) is 5.33. The summed E-state index contributed by atoms with van der Waals surface area (Å²) in [5.74, 6) is 1.20. The number of piperidine rings is 1. The summed E-state index contributed by atoms with van der Waals surface area (Å²) in [6.07, 6.45) is 6.21. The lowest BCUT2D eigenvalue weighted by Crippen LogP contribution is -2.37. The Hall–Kier alpha value is -0.670. The molecule has 0 unspecified atom stereocenters. The number of aryl methyl sites for hydroxylation is 1. The first-order valence-corrected chi connectivity index (χ1v) is 8.38. The van der Waals surface area contributed by atoms with Crippen LogP contribution < -0.4 is 0 Å². The Morgan fingerprint density at radius 1 is 1.32 bits per heavy atom. The molecule has 3 heteroatoms. The summed E-state index contributed by atoms with van der Waals surface area (Å²) in [5.41, 5.74) is 0. The van der Waals surface area contributed by atoms with Crippen molar-refractivity contribution < 1.29 is 4.79 Å². The van der Waals surface area contributed by atoms with Crippen LogP contribution in [0.1, 0.15) is 54.1 Å². The lowest BCUT2D eigenvalue weighted by Gasteiger charge is -2.31. The second-order valence-corrected chi connectivity index (χ2v) is 6.72. The van der Waals surface area contributed by atoms with Gasteiger partial charge in [0.2, 0.25) is 0 Å². The molecule has 106 valence electrons. The molecule has 1 fully saturated rings. The zero-order chi connectivity index (χ0) is 13.7. The predicted octanol–water partition coefficient (Wildman–Crippen LogP) is 4.01. The molecule has 1 aliphatic rings. The summed E-state index contributed by atoms with van der Waals surface area (Å²) in [7, 11) is 0. The van der Waals surface area contributed by atoms with Gasteiger partial charge in [-0.15, -0.1) is 11.3 Å². The normalized spacial score (nSPS) is 17.8. The molecule has 0 bridgehead atoms. The van der Waals surface area contributed by atoms with Crippen LogP contribution in [0.2, 0.25) is 0 Å². The van der Waals surface area contributed by atoms with Gasteiger partial charge in [0.15, 0.2) is 5.78 Å². The van der Waals surface area contributed by atoms with Gasteiger partial charge >= 0.3 is 0 Å². The lowest BCUT2D eigenvalue weighted by atomic mass is 9.92. The number of thiophene rings is 1. The zero-order valence-electron chi connectivity index (χ0n) is 12.2. The van der Waals surface area contributed by atoms with Crippen LogP contribution in [0.25, 0.3) is 0 Å². The highest BCUT2D eigenvalue weighted by molar-refractivity contribution is 7.14. The number of likely N-dealkylation sites (tertiary alicyclic amines) is 1. The summed E-state index contributed by atoms with van der Waals surface area (Å²) < 4.78 is 0. The number of hydrogen-bond acceptors (Lipinski definition) is 3. The molecule has 1 saturated heterocycles. The van der Waals surface area contributed by atoms with Crippen molar-refractivity contribution >= 4 is 17.1 Å². The maximum atomic E-state index is 12.2. The van der Waals surface area contributed by atoms with E-state index in [0.29, 0.717) is 12.3 Å². The lowest BCUT2D eigenvalue weighted by molar-refractivity contribution is 0.0897. The molecule has 0 N–H and O–H groups in total. The van der Waals surface area contributed by atoms with Crippen LogP contribution in [-0.2, 0) is 6.42 Å². The first-order chi connectivity index (χ1) is 9.22. The fourth-order valence-corrected chi connectivity index (χ4v) is 3.72. The molecule has 0 spiro atoms. The Kier molecular flexibility index (Phi) is 5.59. The first-order valence-electron chi connectivity index (χ1n) is 7.57. The van der Waals surface area contributed by atoms with Gasteiger partial charge in [-0.05, 0) is 50.4 Å². The summed E-state index contributed by atoms with van der Waals surface area (Å²) in [5, 5.41) is 0. The number of carbonyl (C=O) groups is 1. The standard InChI is InChI=1S/C16H25NOS/c1-3-5-13-8-10-17(11-9-13)12-15(18)16-7-6-14(4-2)19-16/h6-7,13H,3-5,8-12H2,1-2H3. The molecule has 0 atom stereocenters. The molecule has 2 nitrogen and oxygen atoms in total. The number of hydrogen-bond donors (Lipinski definition) is 0. The van der Waals surface area contributed by atoms with Crippen molar-refractivity contribution in [3.05, 3.63) is 21.9 Å². The molecule has 0 aliphatic carbocycles. The SMILES string of the molecule is CCCC1CCN(CC(=O)c2ccc(CC)s2)CC1. The Bertz CT molecular complexity index is 405. The van der Waals surface area contributed by atoms with Crippen molar-refractivity contribution in [2.45, 2.75) is 46.0 Å². The van der Waals surface area contributed by atoms with Gasteiger partial charge in [0, 0.05) is 4.88 Å². The molecule has 0 amide bonds. The Morgan fingerprint density at radius 2 is 2.05 bits per heavy atom. The van der Waals surface area contributed by atoms with E-state index in [1.807, 2.05) is 6.07 Å². The van der Waals surface area contributed by atoms with Gasteiger partial charge in [-0.25, -0.2) is 0 Å². The number of Topliss-reactive ketones (excluding diaryl/α,β-unsaturated/α-hetero) is 1. The van der Waals surface area contributed by atoms with E-state index in [2.05, 4.69) is 24.8 Å². The van der Waals surface area contributed by atoms with Gasteiger partial charge in [-0.1, -0.05) is 26.7 Å². The van der Waals surface area contributed by atoms with E-state index < -0.39 is 0 Å². The molecular weight excluding hydrogens is 254 g/mol. The first kappa shape index (κ1) is 14.7. The number of nitrogens with zero attached hydrogens (tertiary/aromatic N) is 1. The van der Waals surface area contributed by atoms with Crippen LogP contribution in [0.15, 0.2) is 12.1 Å². The fraction of sp³-hybridized carbons (Fsp3) is 0.688. The quantitative estimate of drug-likeness (QED) is 0.733. The van der Waals surface area contributed by atoms with E-state index in [9.17, 15) is 4.79 Å². The van der Waals surface area contributed by atoms with Gasteiger partial charge < -0.3 is 0 Å². The van der Waals surface area contributed by atoms with Gasteiger partial charge in [-0.3, -0.25) is 9.69 Å². The average molecular weight is 279 g/mol. The Labute approximate surface area is 120 Å². The molecule has 1 aromatic rings. The maximum Gasteiger partial charge on any atom is 0.186 e. The Balaban J connectivity index is 1.80. The van der Waals surface area contributed by atoms with E-state index in [-0.39, 0.29) is 0 Å². The van der Waals surface area contributed by atoms with E-state index in [1.165, 1.54) is 30.6 Å². The van der Waals surface area contributed by atoms with E-state index in [4.69, 9.17) is 0 Å². The topological polar surface area (TPSA) is 20.3 Å². The number of ketones is 1. The Morgan fingerprint density at radius 3 is 2.63 bits per heavy atom. The van der Waals surface area contributed by atoms with E-state index >= 15 is 0 Å². The highest BCUT2D eigenvalue weighted by Gasteiger charge is 2.21. The maximum absolute atomic E-state index is 12.2. The van der Waals surface area contributed by atoms with E-state index in [1.54, 1.807) is 11.3 Å². The minimum Gasteiger partial charge on any atom is -0.296 e. The molecule has 1 aromatic heterocycles. The van der Waals surface area contributed by atoms with Crippen LogP contribution in [0, 0.1) is 5.92 Å². The number of rotatable bonds is 6. The second-order valence-electron chi connectivity index (χ2n) is 5.55. The molecule has 0 radical (unpaired) electrons. The molecule has 0 saturated carbocycles.